The molecule has 0 spiro atoms. The molecule has 1 aliphatic rings. The van der Waals surface area contributed by atoms with Crippen molar-refractivity contribution >= 4 is 27.4 Å². The fraction of sp³-hybridized carbons (Fsp3) is 0.107. The first-order valence-electron chi connectivity index (χ1n) is 10.5. The summed E-state index contributed by atoms with van der Waals surface area (Å²) in [6, 6.07) is 27.5. The third kappa shape index (κ3) is 3.79. The normalized spacial score (nSPS) is 20.9. The largest absolute Gasteiger partial charge is 0.479 e. The van der Waals surface area contributed by atoms with Crippen molar-refractivity contribution in [3.8, 4) is 0 Å². The number of benzene rings is 3. The third-order valence-corrected chi connectivity index (χ3v) is 6.79. The molecule has 1 atom stereocenters. The number of hydrogen-bond acceptors (Lipinski definition) is 3. The second-order valence-electron chi connectivity index (χ2n) is 7.84. The molecule has 0 amide bonds. The Morgan fingerprint density at radius 3 is 2.19 bits per heavy atom. The number of aliphatic carboxylic acids is 1. The van der Waals surface area contributed by atoms with Crippen LogP contribution in [-0.2, 0) is 15.1 Å². The lowest BCUT2D eigenvalue weighted by Gasteiger charge is -2.34. The first-order chi connectivity index (χ1) is 15.7. The summed E-state index contributed by atoms with van der Waals surface area (Å²) in [5, 5.41) is 13.2. The minimum Gasteiger partial charge on any atom is -0.479 e. The molecule has 4 heteroatoms. The van der Waals surface area contributed by atoms with Crippen LogP contribution < -0.4 is 0 Å². The number of rotatable bonds is 6. The van der Waals surface area contributed by atoms with Gasteiger partial charge in [-0.1, -0.05) is 91.0 Å². The predicted octanol–water partition coefficient (Wildman–Crippen LogP) is 6.85. The van der Waals surface area contributed by atoms with Gasteiger partial charge in [-0.15, -0.1) is 11.3 Å². The first kappa shape index (κ1) is 20.4. The molecule has 3 nitrogen and oxygen atoms in total. The highest BCUT2D eigenvalue weighted by Crippen LogP contribution is 2.44. The second kappa shape index (κ2) is 8.58. The molecule has 1 unspecified atom stereocenters. The van der Waals surface area contributed by atoms with Crippen molar-refractivity contribution in [2.24, 2.45) is 0 Å². The molecule has 0 saturated carbocycles. The quantitative estimate of drug-likeness (QED) is 0.335. The minimum atomic E-state index is -1.10. The molecule has 1 aliphatic carbocycles. The van der Waals surface area contributed by atoms with E-state index in [0.29, 0.717) is 5.56 Å². The maximum Gasteiger partial charge on any atom is 0.337 e. The van der Waals surface area contributed by atoms with Crippen molar-refractivity contribution in [3.63, 3.8) is 0 Å². The summed E-state index contributed by atoms with van der Waals surface area (Å²) in [7, 11) is 0. The van der Waals surface area contributed by atoms with Crippen molar-refractivity contribution in [2.75, 3.05) is 0 Å². The van der Waals surface area contributed by atoms with Gasteiger partial charge in [-0.05, 0) is 40.1 Å². The molecule has 0 fully saturated rings. The Kier molecular flexibility index (Phi) is 5.48. The summed E-state index contributed by atoms with van der Waals surface area (Å²) in [6.45, 7) is 0. The topological polar surface area (TPSA) is 46.5 Å². The smallest absolute Gasteiger partial charge is 0.337 e. The van der Waals surface area contributed by atoms with E-state index in [1.54, 1.807) is 23.5 Å². The van der Waals surface area contributed by atoms with Crippen molar-refractivity contribution in [1.29, 1.82) is 0 Å². The molecule has 1 heterocycles. The zero-order valence-electron chi connectivity index (χ0n) is 17.3. The van der Waals surface area contributed by atoms with Crippen LogP contribution in [-0.4, -0.2) is 11.1 Å². The van der Waals surface area contributed by atoms with Gasteiger partial charge >= 0.3 is 5.97 Å². The molecule has 158 valence electrons. The van der Waals surface area contributed by atoms with Gasteiger partial charge in [0, 0.05) is 16.2 Å². The van der Waals surface area contributed by atoms with Gasteiger partial charge in [-0.2, -0.15) is 0 Å². The van der Waals surface area contributed by atoms with E-state index in [9.17, 15) is 9.90 Å². The molecule has 1 aromatic heterocycles. The van der Waals surface area contributed by atoms with Crippen LogP contribution in [0, 0.1) is 0 Å². The van der Waals surface area contributed by atoms with Crippen LogP contribution >= 0.6 is 11.3 Å². The summed E-state index contributed by atoms with van der Waals surface area (Å²) < 4.78 is 7.64. The van der Waals surface area contributed by atoms with E-state index < -0.39 is 17.7 Å². The molecule has 32 heavy (non-hydrogen) atoms. The van der Waals surface area contributed by atoms with Crippen molar-refractivity contribution < 1.29 is 14.6 Å². The molecule has 0 bridgehead atoms. The highest BCUT2D eigenvalue weighted by molar-refractivity contribution is 7.17. The Morgan fingerprint density at radius 1 is 0.875 bits per heavy atom. The number of fused-ring (bicyclic) bond motifs is 1. The summed E-state index contributed by atoms with van der Waals surface area (Å²) >= 11 is 1.64. The number of carbonyl (C=O) groups is 1. The Morgan fingerprint density at radius 2 is 1.50 bits per heavy atom. The fourth-order valence-electron chi connectivity index (χ4n) is 4.20. The van der Waals surface area contributed by atoms with E-state index in [1.165, 1.54) is 5.56 Å². The van der Waals surface area contributed by atoms with E-state index >= 15 is 0 Å². The Labute approximate surface area is 190 Å². The average molecular weight is 439 g/mol. The van der Waals surface area contributed by atoms with Gasteiger partial charge in [-0.25, -0.2) is 4.79 Å². The standard InChI is InChI=1S/C28H22O3S/c29-27(30)26(22-11-5-2-6-12-22)31-28(24-19-32-25-14-8-7-13-23(24)25)17-15-21(16-18-28)20-9-3-1-4-10-20/h1-19,21,26H,(H,29,30). The molecule has 5 rings (SSSR count). The number of carboxylic acid groups (broad SMARTS) is 1. The lowest BCUT2D eigenvalue weighted by Crippen LogP contribution is -2.32. The predicted molar refractivity (Wildman–Crippen MR) is 129 cm³/mol. The molecule has 1 N–H and O–H groups in total. The molecular formula is C28H22O3S. The molecule has 0 radical (unpaired) electrons. The maximum absolute atomic E-state index is 12.3. The van der Waals surface area contributed by atoms with Gasteiger partial charge in [0.2, 0.25) is 0 Å². The SMILES string of the molecule is O=C(O)C(OC1(c2csc3ccccc23)C=CC(c2ccccc2)C=C1)c1ccccc1. The number of allylic oxidation sites excluding steroid dienone is 2. The monoisotopic (exact) mass is 438 g/mol. The van der Waals surface area contributed by atoms with Crippen molar-refractivity contribution in [2.45, 2.75) is 17.6 Å². The molecule has 3 aromatic carbocycles. The Bertz CT molecular complexity index is 1270. The second-order valence-corrected chi connectivity index (χ2v) is 8.75. The fourth-order valence-corrected chi connectivity index (χ4v) is 5.21. The molecule has 0 saturated heterocycles. The molecule has 0 aliphatic heterocycles. The zero-order valence-corrected chi connectivity index (χ0v) is 18.1. The third-order valence-electron chi connectivity index (χ3n) is 5.83. The van der Waals surface area contributed by atoms with Crippen molar-refractivity contribution in [3.05, 3.63) is 131 Å². The van der Waals surface area contributed by atoms with E-state index in [0.717, 1.165) is 15.6 Å². The van der Waals surface area contributed by atoms with E-state index in [-0.39, 0.29) is 5.92 Å². The van der Waals surface area contributed by atoms with Crippen LogP contribution in [0.25, 0.3) is 10.1 Å². The van der Waals surface area contributed by atoms with E-state index in [2.05, 4.69) is 41.8 Å². The molecular weight excluding hydrogens is 416 g/mol. The first-order valence-corrected chi connectivity index (χ1v) is 11.4. The van der Waals surface area contributed by atoms with E-state index in [1.807, 2.05) is 60.7 Å². The summed E-state index contributed by atoms with van der Waals surface area (Å²) in [4.78, 5) is 12.3. The summed E-state index contributed by atoms with van der Waals surface area (Å²) in [6.07, 6.45) is 7.13. The number of carboxylic acids is 1. The minimum absolute atomic E-state index is 0.109. The average Bonchev–Trinajstić information content (AvgIpc) is 3.29. The van der Waals surface area contributed by atoms with Crippen LogP contribution in [0.1, 0.15) is 28.7 Å². The van der Waals surface area contributed by atoms with Crippen LogP contribution in [0.15, 0.2) is 115 Å². The van der Waals surface area contributed by atoms with Gasteiger partial charge in [0.05, 0.1) is 0 Å². The maximum atomic E-state index is 12.3. The van der Waals surface area contributed by atoms with Gasteiger partial charge in [0.1, 0.15) is 5.60 Å². The lowest BCUT2D eigenvalue weighted by molar-refractivity contribution is -0.158. The Hall–Kier alpha value is -3.47. The van der Waals surface area contributed by atoms with Crippen LogP contribution in [0.2, 0.25) is 0 Å². The van der Waals surface area contributed by atoms with Crippen molar-refractivity contribution in [1.82, 2.24) is 0 Å². The number of hydrogen-bond donors (Lipinski definition) is 1. The van der Waals surface area contributed by atoms with Gasteiger partial charge < -0.3 is 9.84 Å². The molecule has 4 aromatic rings. The summed E-state index contributed by atoms with van der Waals surface area (Å²) in [5.74, 6) is -0.903. The van der Waals surface area contributed by atoms with Crippen LogP contribution in [0.4, 0.5) is 0 Å². The Balaban J connectivity index is 1.60. The highest BCUT2D eigenvalue weighted by Gasteiger charge is 2.38. The number of ether oxygens (including phenoxy) is 1. The summed E-state index contributed by atoms with van der Waals surface area (Å²) in [5.41, 5.74) is 1.77. The van der Waals surface area contributed by atoms with Gasteiger partial charge in [-0.3, -0.25) is 0 Å². The van der Waals surface area contributed by atoms with E-state index in [4.69, 9.17) is 4.74 Å². The van der Waals surface area contributed by atoms with Gasteiger partial charge in [0.15, 0.2) is 6.10 Å². The zero-order chi connectivity index (χ0) is 22.0. The van der Waals surface area contributed by atoms with Gasteiger partial charge in [0.25, 0.3) is 0 Å². The number of thiophene rings is 1. The van der Waals surface area contributed by atoms with Crippen LogP contribution in [0.5, 0.6) is 0 Å². The highest BCUT2D eigenvalue weighted by atomic mass is 32.1. The lowest BCUT2D eigenvalue weighted by atomic mass is 9.83. The van der Waals surface area contributed by atoms with Crippen LogP contribution in [0.3, 0.4) is 0 Å².